The zero-order valence-electron chi connectivity index (χ0n) is 15.0. The molecule has 8 heteroatoms. The van der Waals surface area contributed by atoms with Gasteiger partial charge in [-0.15, -0.1) is 0 Å². The van der Waals surface area contributed by atoms with Crippen LogP contribution in [-0.2, 0) is 4.74 Å². The Morgan fingerprint density at radius 3 is 2.54 bits per heavy atom. The van der Waals surface area contributed by atoms with Crippen LogP contribution in [0.5, 0.6) is 0 Å². The van der Waals surface area contributed by atoms with Crippen LogP contribution in [0.15, 0.2) is 29.3 Å². The Kier molecular flexibility index (Phi) is 7.25. The van der Waals surface area contributed by atoms with Gasteiger partial charge < -0.3 is 15.0 Å². The first kappa shape index (κ1) is 20.5. The number of alkyl halides is 3. The summed E-state index contributed by atoms with van der Waals surface area (Å²) in [6.45, 7) is 3.53. The number of nitrogens with zero attached hydrogens (tertiary/aromatic N) is 2. The fourth-order valence-electron chi connectivity index (χ4n) is 2.97. The molecule has 26 heavy (non-hydrogen) atoms. The summed E-state index contributed by atoms with van der Waals surface area (Å²) in [4.78, 5) is 6.25. The molecular formula is C18H25F4N3O. The lowest BCUT2D eigenvalue weighted by Gasteiger charge is -2.38. The second-order valence-electron chi connectivity index (χ2n) is 6.44. The highest BCUT2D eigenvalue weighted by molar-refractivity contribution is 5.80. The predicted octanol–water partition coefficient (Wildman–Crippen LogP) is 3.90. The van der Waals surface area contributed by atoms with Crippen molar-refractivity contribution < 1.29 is 22.3 Å². The van der Waals surface area contributed by atoms with Gasteiger partial charge in [-0.2, -0.15) is 13.2 Å². The van der Waals surface area contributed by atoms with Gasteiger partial charge in [0.15, 0.2) is 5.96 Å². The summed E-state index contributed by atoms with van der Waals surface area (Å²) in [6.07, 6.45) is -4.64. The van der Waals surface area contributed by atoms with Crippen molar-refractivity contribution in [1.29, 1.82) is 0 Å². The molecule has 1 aliphatic rings. The van der Waals surface area contributed by atoms with Crippen molar-refractivity contribution in [3.63, 3.8) is 0 Å². The smallest absolute Gasteiger partial charge is 0.367 e. The maximum atomic E-state index is 13.1. The molecule has 2 rings (SSSR count). The maximum absolute atomic E-state index is 13.1. The number of halogens is 4. The predicted molar refractivity (Wildman–Crippen MR) is 92.5 cm³/mol. The van der Waals surface area contributed by atoms with E-state index < -0.39 is 12.6 Å². The second-order valence-corrected chi connectivity index (χ2v) is 6.44. The minimum Gasteiger partial charge on any atom is -0.367 e. The average molecular weight is 375 g/mol. The molecule has 1 aromatic rings. The molecule has 0 aromatic heterocycles. The van der Waals surface area contributed by atoms with Crippen LogP contribution in [0, 0.1) is 5.82 Å². The van der Waals surface area contributed by atoms with E-state index in [1.807, 2.05) is 11.8 Å². The topological polar surface area (TPSA) is 36.9 Å². The lowest BCUT2D eigenvalue weighted by atomic mass is 10.1. The van der Waals surface area contributed by atoms with E-state index in [-0.39, 0.29) is 24.4 Å². The summed E-state index contributed by atoms with van der Waals surface area (Å²) < 4.78 is 55.6. The van der Waals surface area contributed by atoms with Crippen molar-refractivity contribution >= 4 is 5.96 Å². The summed E-state index contributed by atoms with van der Waals surface area (Å²) in [7, 11) is 1.64. The van der Waals surface area contributed by atoms with Gasteiger partial charge in [-0.05, 0) is 37.5 Å². The van der Waals surface area contributed by atoms with E-state index in [9.17, 15) is 17.6 Å². The van der Waals surface area contributed by atoms with E-state index in [0.29, 0.717) is 32.0 Å². The Bertz CT molecular complexity index is 589. The summed E-state index contributed by atoms with van der Waals surface area (Å²) in [5.41, 5.74) is 0.878. The van der Waals surface area contributed by atoms with Gasteiger partial charge in [-0.1, -0.05) is 12.1 Å². The molecule has 2 unspecified atom stereocenters. The first-order valence-electron chi connectivity index (χ1n) is 8.72. The Balaban J connectivity index is 1.89. The fraction of sp³-hybridized carbons (Fsp3) is 0.611. The van der Waals surface area contributed by atoms with E-state index in [0.717, 1.165) is 5.56 Å². The first-order chi connectivity index (χ1) is 12.3. The van der Waals surface area contributed by atoms with E-state index in [4.69, 9.17) is 4.74 Å². The van der Waals surface area contributed by atoms with Gasteiger partial charge in [0.05, 0.1) is 12.6 Å². The quantitative estimate of drug-likeness (QED) is 0.367. The van der Waals surface area contributed by atoms with Crippen LogP contribution < -0.4 is 5.32 Å². The van der Waals surface area contributed by atoms with Crippen molar-refractivity contribution in [2.75, 3.05) is 26.7 Å². The minimum atomic E-state index is -4.11. The number of hydrogen-bond donors (Lipinski definition) is 1. The Hall–Kier alpha value is -1.83. The zero-order valence-corrected chi connectivity index (χ0v) is 15.0. The summed E-state index contributed by atoms with van der Waals surface area (Å²) in [5.74, 6) is 0.338. The molecule has 1 aliphatic heterocycles. The third-order valence-corrected chi connectivity index (χ3v) is 4.18. The number of aliphatic imine (C=N–C) groups is 1. The molecule has 0 amide bonds. The maximum Gasteiger partial charge on any atom is 0.389 e. The van der Waals surface area contributed by atoms with Crippen LogP contribution in [-0.4, -0.2) is 49.8 Å². The SMILES string of the molecule is CN=C(NCCCCC(F)(F)F)N1CC(C)OC(c2ccc(F)cc2)C1. The van der Waals surface area contributed by atoms with E-state index in [2.05, 4.69) is 10.3 Å². The first-order valence-corrected chi connectivity index (χ1v) is 8.72. The fourth-order valence-corrected chi connectivity index (χ4v) is 2.97. The molecule has 1 aromatic carbocycles. The molecule has 1 N–H and O–H groups in total. The van der Waals surface area contributed by atoms with Crippen LogP contribution in [0.4, 0.5) is 17.6 Å². The van der Waals surface area contributed by atoms with Crippen molar-refractivity contribution in [1.82, 2.24) is 10.2 Å². The Labute approximate surface area is 151 Å². The number of hydrogen-bond acceptors (Lipinski definition) is 2. The molecular weight excluding hydrogens is 350 g/mol. The molecule has 0 radical (unpaired) electrons. The summed E-state index contributed by atoms with van der Waals surface area (Å²) in [5, 5.41) is 3.12. The van der Waals surface area contributed by atoms with Gasteiger partial charge in [-0.25, -0.2) is 4.39 Å². The number of ether oxygens (including phenoxy) is 1. The van der Waals surface area contributed by atoms with E-state index >= 15 is 0 Å². The Morgan fingerprint density at radius 1 is 1.23 bits per heavy atom. The second kappa shape index (κ2) is 9.21. The molecule has 0 saturated carbocycles. The third kappa shape index (κ3) is 6.48. The molecule has 4 nitrogen and oxygen atoms in total. The Morgan fingerprint density at radius 2 is 1.92 bits per heavy atom. The van der Waals surface area contributed by atoms with Gasteiger partial charge in [0.2, 0.25) is 0 Å². The molecule has 1 saturated heterocycles. The van der Waals surface area contributed by atoms with Crippen LogP contribution in [0.25, 0.3) is 0 Å². The van der Waals surface area contributed by atoms with Crippen molar-refractivity contribution in [3.05, 3.63) is 35.6 Å². The van der Waals surface area contributed by atoms with Crippen molar-refractivity contribution in [2.24, 2.45) is 4.99 Å². The molecule has 1 heterocycles. The highest BCUT2D eigenvalue weighted by Gasteiger charge is 2.28. The summed E-state index contributed by atoms with van der Waals surface area (Å²) in [6, 6.07) is 6.19. The number of nitrogens with one attached hydrogen (secondary N) is 1. The van der Waals surface area contributed by atoms with Gasteiger partial charge in [-0.3, -0.25) is 4.99 Å². The molecule has 1 fully saturated rings. The van der Waals surface area contributed by atoms with Crippen LogP contribution >= 0.6 is 0 Å². The number of unbranched alkanes of at least 4 members (excludes halogenated alkanes) is 1. The van der Waals surface area contributed by atoms with Crippen LogP contribution in [0.1, 0.15) is 37.9 Å². The molecule has 2 atom stereocenters. The van der Waals surface area contributed by atoms with E-state index in [1.165, 1.54) is 12.1 Å². The lowest BCUT2D eigenvalue weighted by Crippen LogP contribution is -2.50. The molecule has 146 valence electrons. The van der Waals surface area contributed by atoms with Crippen molar-refractivity contribution in [2.45, 2.75) is 44.6 Å². The van der Waals surface area contributed by atoms with Gasteiger partial charge in [0.25, 0.3) is 0 Å². The van der Waals surface area contributed by atoms with E-state index in [1.54, 1.807) is 19.2 Å². The highest BCUT2D eigenvalue weighted by Crippen LogP contribution is 2.25. The van der Waals surface area contributed by atoms with Gasteiger partial charge in [0, 0.05) is 26.6 Å². The van der Waals surface area contributed by atoms with Crippen LogP contribution in [0.3, 0.4) is 0 Å². The zero-order chi connectivity index (χ0) is 19.2. The highest BCUT2D eigenvalue weighted by atomic mass is 19.4. The molecule has 0 bridgehead atoms. The number of guanidine groups is 1. The third-order valence-electron chi connectivity index (χ3n) is 4.18. The van der Waals surface area contributed by atoms with Crippen LogP contribution in [0.2, 0.25) is 0 Å². The summed E-state index contributed by atoms with van der Waals surface area (Å²) >= 11 is 0. The monoisotopic (exact) mass is 375 g/mol. The van der Waals surface area contributed by atoms with Gasteiger partial charge in [0.1, 0.15) is 11.9 Å². The largest absolute Gasteiger partial charge is 0.389 e. The normalized spacial score (nSPS) is 21.8. The number of rotatable bonds is 5. The average Bonchev–Trinajstić information content (AvgIpc) is 2.57. The van der Waals surface area contributed by atoms with Crippen molar-refractivity contribution in [3.8, 4) is 0 Å². The number of benzene rings is 1. The lowest BCUT2D eigenvalue weighted by molar-refractivity contribution is -0.135. The molecule has 0 spiro atoms. The standard InChI is InChI=1S/C18H25F4N3O/c1-13-11-25(12-16(26-13)14-5-7-15(19)8-6-14)17(23-2)24-10-4-3-9-18(20,21)22/h5-8,13,16H,3-4,9-12H2,1-2H3,(H,23,24). The van der Waals surface area contributed by atoms with Gasteiger partial charge >= 0.3 is 6.18 Å². The number of morpholine rings is 1. The minimum absolute atomic E-state index is 0.0532. The molecule has 0 aliphatic carbocycles.